The first-order valence-corrected chi connectivity index (χ1v) is 7.59. The molecule has 0 aliphatic carbocycles. The number of pyridine rings is 1. The molecule has 0 unspecified atom stereocenters. The third-order valence-electron chi connectivity index (χ3n) is 4.40. The Balaban J connectivity index is 1.63. The highest BCUT2D eigenvalue weighted by atomic mass is 16.2. The number of H-pyrrole nitrogens is 1. The molecule has 1 fully saturated rings. The molecule has 22 heavy (non-hydrogen) atoms. The van der Waals surface area contributed by atoms with Crippen LogP contribution in [0.3, 0.4) is 0 Å². The number of carbonyl (C=O) groups excluding carboxylic acids is 1. The van der Waals surface area contributed by atoms with Crippen molar-refractivity contribution in [1.29, 1.82) is 0 Å². The molecule has 0 aromatic carbocycles. The zero-order chi connectivity index (χ0) is 15.5. The Morgan fingerprint density at radius 1 is 1.32 bits per heavy atom. The minimum Gasteiger partial charge on any atom is -0.369 e. The van der Waals surface area contributed by atoms with Crippen LogP contribution in [0.2, 0.25) is 0 Å². The third-order valence-corrected chi connectivity index (χ3v) is 4.40. The van der Waals surface area contributed by atoms with Gasteiger partial charge in [0.15, 0.2) is 0 Å². The Labute approximate surface area is 130 Å². The van der Waals surface area contributed by atoms with Gasteiger partial charge in [-0.3, -0.25) is 9.89 Å². The molecule has 0 atom stereocenters. The molecular weight excluding hydrogens is 278 g/mol. The van der Waals surface area contributed by atoms with Gasteiger partial charge >= 0.3 is 0 Å². The van der Waals surface area contributed by atoms with Crippen molar-refractivity contribution in [2.45, 2.75) is 25.7 Å². The first-order chi connectivity index (χ1) is 10.6. The Bertz CT molecular complexity index is 614. The Hall–Kier alpha value is -2.37. The molecule has 1 aliphatic rings. The second-order valence-corrected chi connectivity index (χ2v) is 5.75. The lowest BCUT2D eigenvalue weighted by Gasteiger charge is -2.32. The molecule has 1 N–H and O–H groups in total. The highest BCUT2D eigenvalue weighted by Gasteiger charge is 2.21. The largest absolute Gasteiger partial charge is 0.369 e. The average molecular weight is 299 g/mol. The smallest absolute Gasteiger partial charge is 0.224 e. The van der Waals surface area contributed by atoms with Crippen LogP contribution in [0, 0.1) is 0 Å². The zero-order valence-corrected chi connectivity index (χ0v) is 13.0. The lowest BCUT2D eigenvalue weighted by atomic mass is 9.90. The molecule has 116 valence electrons. The molecule has 3 rings (SSSR count). The van der Waals surface area contributed by atoms with E-state index in [1.807, 2.05) is 24.7 Å². The second-order valence-electron chi connectivity index (χ2n) is 5.75. The predicted octanol–water partition coefficient (Wildman–Crippen LogP) is 2.17. The SMILES string of the molecule is CC(=O)N(C)c1ccc(C2CCN(c3cn[nH]c3)CC2)cn1. The molecule has 0 spiro atoms. The van der Waals surface area contributed by atoms with Crippen LogP contribution in [-0.4, -0.2) is 41.2 Å². The van der Waals surface area contributed by atoms with Crippen molar-refractivity contribution >= 4 is 17.4 Å². The molecule has 2 aromatic heterocycles. The van der Waals surface area contributed by atoms with Crippen LogP contribution in [0.4, 0.5) is 11.5 Å². The molecule has 6 nitrogen and oxygen atoms in total. The molecular formula is C16H21N5O. The summed E-state index contributed by atoms with van der Waals surface area (Å²) in [6.45, 7) is 3.60. The van der Waals surface area contributed by atoms with Gasteiger partial charge in [0.2, 0.25) is 5.91 Å². The van der Waals surface area contributed by atoms with Gasteiger partial charge in [0, 0.05) is 39.5 Å². The van der Waals surface area contributed by atoms with E-state index in [9.17, 15) is 4.79 Å². The van der Waals surface area contributed by atoms with E-state index in [2.05, 4.69) is 26.1 Å². The highest BCUT2D eigenvalue weighted by molar-refractivity contribution is 5.89. The van der Waals surface area contributed by atoms with E-state index >= 15 is 0 Å². The van der Waals surface area contributed by atoms with Crippen LogP contribution in [0.5, 0.6) is 0 Å². The number of aromatic nitrogens is 3. The number of nitrogens with one attached hydrogen (secondary N) is 1. The van der Waals surface area contributed by atoms with E-state index in [1.54, 1.807) is 18.9 Å². The summed E-state index contributed by atoms with van der Waals surface area (Å²) in [5.41, 5.74) is 2.42. The van der Waals surface area contributed by atoms with Gasteiger partial charge in [-0.05, 0) is 30.4 Å². The average Bonchev–Trinajstić information content (AvgIpc) is 3.09. The maximum Gasteiger partial charge on any atom is 0.224 e. The van der Waals surface area contributed by atoms with Gasteiger partial charge in [-0.15, -0.1) is 0 Å². The van der Waals surface area contributed by atoms with Crippen molar-refractivity contribution in [3.63, 3.8) is 0 Å². The molecule has 1 saturated heterocycles. The number of amides is 1. The van der Waals surface area contributed by atoms with Crippen molar-refractivity contribution in [2.24, 2.45) is 0 Å². The van der Waals surface area contributed by atoms with Crippen molar-refractivity contribution in [2.75, 3.05) is 29.9 Å². The van der Waals surface area contributed by atoms with Crippen molar-refractivity contribution in [1.82, 2.24) is 15.2 Å². The summed E-state index contributed by atoms with van der Waals surface area (Å²) in [7, 11) is 1.74. The molecule has 3 heterocycles. The van der Waals surface area contributed by atoms with Gasteiger partial charge < -0.3 is 9.80 Å². The maximum absolute atomic E-state index is 11.4. The van der Waals surface area contributed by atoms with E-state index in [1.165, 1.54) is 5.56 Å². The van der Waals surface area contributed by atoms with Crippen LogP contribution in [0.1, 0.15) is 31.2 Å². The predicted molar refractivity (Wildman–Crippen MR) is 86.1 cm³/mol. The summed E-state index contributed by atoms with van der Waals surface area (Å²) in [6.07, 6.45) is 7.93. The number of hydrogen-bond donors (Lipinski definition) is 1. The Kier molecular flexibility index (Phi) is 4.09. The van der Waals surface area contributed by atoms with Gasteiger partial charge in [-0.2, -0.15) is 5.10 Å². The van der Waals surface area contributed by atoms with E-state index in [-0.39, 0.29) is 5.91 Å². The first kappa shape index (κ1) is 14.6. The van der Waals surface area contributed by atoms with Crippen molar-refractivity contribution in [3.05, 3.63) is 36.3 Å². The molecule has 6 heteroatoms. The normalized spacial score (nSPS) is 15.8. The van der Waals surface area contributed by atoms with Gasteiger partial charge in [0.05, 0.1) is 11.9 Å². The molecule has 0 saturated carbocycles. The summed E-state index contributed by atoms with van der Waals surface area (Å²) in [5, 5.41) is 6.87. The van der Waals surface area contributed by atoms with Gasteiger partial charge in [0.25, 0.3) is 0 Å². The summed E-state index contributed by atoms with van der Waals surface area (Å²) < 4.78 is 0. The zero-order valence-electron chi connectivity index (χ0n) is 13.0. The van der Waals surface area contributed by atoms with Crippen LogP contribution in [0.25, 0.3) is 0 Å². The summed E-state index contributed by atoms with van der Waals surface area (Å²) in [4.78, 5) is 19.7. The van der Waals surface area contributed by atoms with Crippen LogP contribution in [0.15, 0.2) is 30.7 Å². The van der Waals surface area contributed by atoms with Crippen LogP contribution >= 0.6 is 0 Å². The molecule has 2 aromatic rings. The number of piperidine rings is 1. The summed E-state index contributed by atoms with van der Waals surface area (Å²) >= 11 is 0. The number of rotatable bonds is 3. The Morgan fingerprint density at radius 3 is 2.64 bits per heavy atom. The number of nitrogens with zero attached hydrogens (tertiary/aromatic N) is 4. The number of carbonyl (C=O) groups is 1. The second kappa shape index (κ2) is 6.17. The molecule has 0 radical (unpaired) electrons. The minimum absolute atomic E-state index is 0.00586. The van der Waals surface area contributed by atoms with E-state index in [4.69, 9.17) is 0 Å². The van der Waals surface area contributed by atoms with Crippen LogP contribution < -0.4 is 9.80 Å². The quantitative estimate of drug-likeness (QED) is 0.943. The van der Waals surface area contributed by atoms with E-state index in [0.29, 0.717) is 11.7 Å². The van der Waals surface area contributed by atoms with E-state index in [0.717, 1.165) is 31.6 Å². The van der Waals surface area contributed by atoms with Gasteiger partial charge in [-0.1, -0.05) is 6.07 Å². The van der Waals surface area contributed by atoms with Gasteiger partial charge in [0.1, 0.15) is 5.82 Å². The fraction of sp³-hybridized carbons (Fsp3) is 0.438. The fourth-order valence-electron chi connectivity index (χ4n) is 2.89. The lowest BCUT2D eigenvalue weighted by molar-refractivity contribution is -0.116. The van der Waals surface area contributed by atoms with Crippen molar-refractivity contribution < 1.29 is 4.79 Å². The van der Waals surface area contributed by atoms with Gasteiger partial charge in [-0.25, -0.2) is 4.98 Å². The standard InChI is InChI=1S/C16H21N5O/c1-12(22)20(2)16-4-3-14(9-17-16)13-5-7-21(8-6-13)15-10-18-19-11-15/h3-4,9-11,13H,5-8H2,1-2H3,(H,18,19). The molecule has 0 bridgehead atoms. The number of anilines is 2. The Morgan fingerprint density at radius 2 is 2.09 bits per heavy atom. The van der Waals surface area contributed by atoms with E-state index < -0.39 is 0 Å². The topological polar surface area (TPSA) is 65.1 Å². The molecule has 1 aliphatic heterocycles. The first-order valence-electron chi connectivity index (χ1n) is 7.59. The lowest BCUT2D eigenvalue weighted by Crippen LogP contribution is -2.32. The van der Waals surface area contributed by atoms with Crippen molar-refractivity contribution in [3.8, 4) is 0 Å². The monoisotopic (exact) mass is 299 g/mol. The fourth-order valence-corrected chi connectivity index (χ4v) is 2.89. The van der Waals surface area contributed by atoms with Crippen LogP contribution in [-0.2, 0) is 4.79 Å². The number of aromatic amines is 1. The third kappa shape index (κ3) is 2.95. The summed E-state index contributed by atoms with van der Waals surface area (Å²) in [5.74, 6) is 1.23. The number of hydrogen-bond acceptors (Lipinski definition) is 4. The molecule has 1 amide bonds. The highest BCUT2D eigenvalue weighted by Crippen LogP contribution is 2.30. The summed E-state index contributed by atoms with van der Waals surface area (Å²) in [6, 6.07) is 4.03. The minimum atomic E-state index is -0.00586. The maximum atomic E-state index is 11.4.